The average Bonchev–Trinajstić information content (AvgIpc) is 3.51. The van der Waals surface area contributed by atoms with Crippen LogP contribution in [0.5, 0.6) is 0 Å². The number of aliphatic imine (C=N–C) groups is 1. The van der Waals surface area contributed by atoms with Crippen LogP contribution in [0.4, 0.5) is 29.9 Å². The Morgan fingerprint density at radius 1 is 1.11 bits per heavy atom. The lowest BCUT2D eigenvalue weighted by molar-refractivity contribution is -0.137. The summed E-state index contributed by atoms with van der Waals surface area (Å²) in [5.74, 6) is -0.748. The van der Waals surface area contributed by atoms with Crippen LogP contribution in [-0.2, 0) is 15.7 Å². The monoisotopic (exact) mass is 543 g/mol. The molecule has 2 aromatic heterocycles. The summed E-state index contributed by atoms with van der Waals surface area (Å²) in [7, 11) is 1.47. The van der Waals surface area contributed by atoms with Crippen LogP contribution < -0.4 is 16.0 Å². The number of hydrogen-bond donors (Lipinski definition) is 3. The van der Waals surface area contributed by atoms with E-state index in [-0.39, 0.29) is 35.8 Å². The zero-order chi connectivity index (χ0) is 26.7. The molecule has 1 atom stereocenters. The topological polar surface area (TPSA) is 127 Å². The molecule has 14 heteroatoms. The molecule has 1 amide bonds. The Kier molecular flexibility index (Phi) is 7.07. The number of benzodiazepines with no additional fused rings is 1. The quantitative estimate of drug-likeness (QED) is 0.278. The van der Waals surface area contributed by atoms with Crippen molar-refractivity contribution in [3.05, 3.63) is 70.7 Å². The first-order chi connectivity index (χ1) is 18.3. The standard InChI is InChI=1S/C24H20F3N7O3S/c1-36-12-11-28-21-17(31-22(38-21)24(25,26)27)20-33-34-23(37-20)32-18-19(35)29-15-10-6-5-9-14(15)16(30-18)13-7-3-2-4-8-13/h2-10,18,28H,11-12H2,1H3,(H,29,35)(H,32,34). The summed E-state index contributed by atoms with van der Waals surface area (Å²) in [4.78, 5) is 21.3. The maximum atomic E-state index is 13.3. The number of hydrogen-bond acceptors (Lipinski definition) is 10. The van der Waals surface area contributed by atoms with Gasteiger partial charge >= 0.3 is 12.2 Å². The molecule has 0 saturated heterocycles. The van der Waals surface area contributed by atoms with E-state index in [1.165, 1.54) is 7.11 Å². The number of alkyl halides is 3. The molecule has 0 aliphatic carbocycles. The van der Waals surface area contributed by atoms with Gasteiger partial charge < -0.3 is 25.1 Å². The zero-order valence-electron chi connectivity index (χ0n) is 19.7. The van der Waals surface area contributed by atoms with Gasteiger partial charge in [-0.15, -0.1) is 5.10 Å². The van der Waals surface area contributed by atoms with Gasteiger partial charge in [0.2, 0.25) is 11.2 Å². The number of aromatic nitrogens is 3. The minimum absolute atomic E-state index is 0.0941. The molecule has 4 aromatic rings. The van der Waals surface area contributed by atoms with Crippen molar-refractivity contribution in [3.8, 4) is 11.6 Å². The van der Waals surface area contributed by atoms with Crippen LogP contribution >= 0.6 is 11.3 Å². The van der Waals surface area contributed by atoms with E-state index >= 15 is 0 Å². The van der Waals surface area contributed by atoms with Crippen molar-refractivity contribution >= 4 is 39.7 Å². The Morgan fingerprint density at radius 2 is 1.87 bits per heavy atom. The molecule has 1 unspecified atom stereocenters. The number of amides is 1. The lowest BCUT2D eigenvalue weighted by atomic mass is 10.0. The Bertz CT molecular complexity index is 1470. The number of carbonyl (C=O) groups excluding carboxylic acids is 1. The fourth-order valence-corrected chi connectivity index (χ4v) is 4.50. The first-order valence-corrected chi connectivity index (χ1v) is 12.1. The summed E-state index contributed by atoms with van der Waals surface area (Å²) >= 11 is 0.414. The zero-order valence-corrected chi connectivity index (χ0v) is 20.6. The third kappa shape index (κ3) is 5.35. The molecule has 0 bridgehead atoms. The number of methoxy groups -OCH3 is 1. The summed E-state index contributed by atoms with van der Waals surface area (Å²) in [6.07, 6.45) is -5.83. The molecule has 0 spiro atoms. The van der Waals surface area contributed by atoms with Crippen molar-refractivity contribution in [2.45, 2.75) is 12.3 Å². The van der Waals surface area contributed by atoms with Gasteiger partial charge in [-0.3, -0.25) is 4.79 Å². The molecular weight excluding hydrogens is 523 g/mol. The Hall–Kier alpha value is -4.30. The first-order valence-electron chi connectivity index (χ1n) is 11.3. The maximum Gasteiger partial charge on any atom is 0.443 e. The second-order valence-corrected chi connectivity index (χ2v) is 8.95. The average molecular weight is 544 g/mol. The highest BCUT2D eigenvalue weighted by Crippen LogP contribution is 2.40. The van der Waals surface area contributed by atoms with Crippen LogP contribution in [0, 0.1) is 0 Å². The van der Waals surface area contributed by atoms with E-state index in [1.807, 2.05) is 42.5 Å². The van der Waals surface area contributed by atoms with Crippen molar-refractivity contribution in [1.82, 2.24) is 15.2 Å². The van der Waals surface area contributed by atoms with Gasteiger partial charge in [-0.05, 0) is 6.07 Å². The van der Waals surface area contributed by atoms with Gasteiger partial charge in [0.1, 0.15) is 5.00 Å². The highest BCUT2D eigenvalue weighted by atomic mass is 32.1. The van der Waals surface area contributed by atoms with E-state index < -0.39 is 23.3 Å². The number of carbonyl (C=O) groups is 1. The molecule has 10 nitrogen and oxygen atoms in total. The third-order valence-electron chi connectivity index (χ3n) is 5.34. The summed E-state index contributed by atoms with van der Waals surface area (Å²) in [6.45, 7) is 0.498. The van der Waals surface area contributed by atoms with Crippen molar-refractivity contribution in [1.29, 1.82) is 0 Å². The molecule has 3 N–H and O–H groups in total. The minimum atomic E-state index is -4.66. The van der Waals surface area contributed by atoms with Gasteiger partial charge in [-0.1, -0.05) is 65.0 Å². The first kappa shape index (κ1) is 25.4. The van der Waals surface area contributed by atoms with Gasteiger partial charge in [0.25, 0.3) is 11.8 Å². The second kappa shape index (κ2) is 10.6. The number of benzene rings is 2. The molecule has 0 fully saturated rings. The van der Waals surface area contributed by atoms with Crippen molar-refractivity contribution in [3.63, 3.8) is 0 Å². The summed E-state index contributed by atoms with van der Waals surface area (Å²) in [5, 5.41) is 15.2. The Balaban J connectivity index is 1.46. The molecular formula is C24H20F3N7O3S. The molecule has 196 valence electrons. The molecule has 3 heterocycles. The van der Waals surface area contributed by atoms with Crippen LogP contribution in [0.25, 0.3) is 11.6 Å². The number of para-hydroxylation sites is 1. The molecule has 0 saturated carbocycles. The summed E-state index contributed by atoms with van der Waals surface area (Å²) in [6, 6.07) is 16.3. The van der Waals surface area contributed by atoms with Gasteiger partial charge in [-0.2, -0.15) is 13.2 Å². The normalized spacial score (nSPS) is 15.3. The van der Waals surface area contributed by atoms with Crippen LogP contribution in [-0.4, -0.2) is 53.2 Å². The Labute approximate surface area is 218 Å². The highest BCUT2D eigenvalue weighted by molar-refractivity contribution is 7.16. The van der Waals surface area contributed by atoms with E-state index in [4.69, 9.17) is 9.15 Å². The predicted octanol–water partition coefficient (Wildman–Crippen LogP) is 4.50. The van der Waals surface area contributed by atoms with Crippen LogP contribution in [0.2, 0.25) is 0 Å². The number of anilines is 3. The van der Waals surface area contributed by atoms with Gasteiger partial charge in [0.05, 0.1) is 18.0 Å². The number of nitrogens with zero attached hydrogens (tertiary/aromatic N) is 4. The lowest BCUT2D eigenvalue weighted by Crippen LogP contribution is -2.32. The van der Waals surface area contributed by atoms with E-state index in [0.29, 0.717) is 22.7 Å². The maximum absolute atomic E-state index is 13.3. The number of ether oxygens (including phenoxy) is 1. The molecule has 1 aliphatic heterocycles. The second-order valence-electron chi connectivity index (χ2n) is 7.95. The molecule has 0 radical (unpaired) electrons. The van der Waals surface area contributed by atoms with Crippen molar-refractivity contribution in [2.75, 3.05) is 36.2 Å². The van der Waals surface area contributed by atoms with E-state index in [1.54, 1.807) is 12.1 Å². The van der Waals surface area contributed by atoms with Crippen molar-refractivity contribution in [2.24, 2.45) is 4.99 Å². The fraction of sp³-hybridized carbons (Fsp3) is 0.208. The van der Waals surface area contributed by atoms with Gasteiger partial charge in [0, 0.05) is 24.8 Å². The van der Waals surface area contributed by atoms with Gasteiger partial charge in [0.15, 0.2) is 5.69 Å². The highest BCUT2D eigenvalue weighted by Gasteiger charge is 2.37. The fourth-order valence-electron chi connectivity index (χ4n) is 3.65. The van der Waals surface area contributed by atoms with Gasteiger partial charge in [-0.25, -0.2) is 9.98 Å². The Morgan fingerprint density at radius 3 is 2.63 bits per heavy atom. The minimum Gasteiger partial charge on any atom is -0.402 e. The lowest BCUT2D eigenvalue weighted by Gasteiger charge is -2.11. The van der Waals surface area contributed by atoms with Crippen LogP contribution in [0.3, 0.4) is 0 Å². The van der Waals surface area contributed by atoms with E-state index in [9.17, 15) is 18.0 Å². The smallest absolute Gasteiger partial charge is 0.402 e. The SMILES string of the molecule is COCCNc1sc(C(F)(F)F)nc1-c1nnc(NC2N=C(c3ccccc3)c3ccccc3NC2=O)o1. The van der Waals surface area contributed by atoms with E-state index in [2.05, 4.69) is 36.1 Å². The number of rotatable bonds is 8. The predicted molar refractivity (Wildman–Crippen MR) is 135 cm³/mol. The molecule has 1 aliphatic rings. The van der Waals surface area contributed by atoms with Crippen LogP contribution in [0.15, 0.2) is 64.0 Å². The van der Waals surface area contributed by atoms with Crippen LogP contribution in [0.1, 0.15) is 16.1 Å². The molecule has 2 aromatic carbocycles. The number of thiazole rings is 1. The largest absolute Gasteiger partial charge is 0.443 e. The number of nitrogens with one attached hydrogen (secondary N) is 3. The molecule has 38 heavy (non-hydrogen) atoms. The number of halogens is 3. The molecule has 5 rings (SSSR count). The van der Waals surface area contributed by atoms with E-state index in [0.717, 1.165) is 11.1 Å². The summed E-state index contributed by atoms with van der Waals surface area (Å²) in [5.41, 5.74) is 2.46. The number of fused-ring (bicyclic) bond motifs is 1. The van der Waals surface area contributed by atoms with Crippen molar-refractivity contribution < 1.29 is 27.1 Å². The summed E-state index contributed by atoms with van der Waals surface area (Å²) < 4.78 is 50.5. The third-order valence-corrected chi connectivity index (χ3v) is 6.40.